The average molecular weight is 238 g/mol. The molecule has 0 aromatic heterocycles. The third-order valence-corrected chi connectivity index (χ3v) is 4.94. The van der Waals surface area contributed by atoms with Crippen LogP contribution in [-0.2, 0) is 4.79 Å². The van der Waals surface area contributed by atoms with Crippen LogP contribution in [0.15, 0.2) is 0 Å². The van der Waals surface area contributed by atoms with E-state index < -0.39 is 0 Å². The van der Waals surface area contributed by atoms with Crippen molar-refractivity contribution in [2.45, 2.75) is 52.0 Å². The van der Waals surface area contributed by atoms with E-state index in [2.05, 4.69) is 18.7 Å². The highest BCUT2D eigenvalue weighted by Crippen LogP contribution is 2.34. The Morgan fingerprint density at radius 1 is 1.24 bits per heavy atom. The standard InChI is InChI=1S/C14H26N2O/c1-10-5-4-8-16(11(10)2)14(17)13-7-3-6-12(13)9-15/h10-13H,3-9,15H2,1-2H3/t10?,11?,12-,13-/m1/s1. The molecule has 2 fully saturated rings. The molecule has 0 bridgehead atoms. The average Bonchev–Trinajstić information content (AvgIpc) is 2.80. The number of likely N-dealkylation sites (tertiary alicyclic amines) is 1. The van der Waals surface area contributed by atoms with Crippen molar-refractivity contribution >= 4 is 5.91 Å². The van der Waals surface area contributed by atoms with Crippen molar-refractivity contribution in [3.05, 3.63) is 0 Å². The molecule has 17 heavy (non-hydrogen) atoms. The molecular formula is C14H26N2O. The van der Waals surface area contributed by atoms with Crippen LogP contribution in [0, 0.1) is 17.8 Å². The summed E-state index contributed by atoms with van der Waals surface area (Å²) in [7, 11) is 0. The van der Waals surface area contributed by atoms with Gasteiger partial charge in [0.15, 0.2) is 0 Å². The SMILES string of the molecule is CC1CCCN(C(=O)[C@@H]2CCC[C@@H]2CN)C1C. The molecule has 0 aromatic rings. The van der Waals surface area contributed by atoms with Crippen LogP contribution in [-0.4, -0.2) is 29.9 Å². The third-order valence-electron chi connectivity index (χ3n) is 4.94. The minimum Gasteiger partial charge on any atom is -0.339 e. The lowest BCUT2D eigenvalue weighted by atomic mass is 9.88. The van der Waals surface area contributed by atoms with Gasteiger partial charge in [0.2, 0.25) is 5.91 Å². The molecule has 1 aliphatic carbocycles. The molecule has 1 aliphatic heterocycles. The molecule has 0 radical (unpaired) electrons. The van der Waals surface area contributed by atoms with Crippen LogP contribution in [0.3, 0.4) is 0 Å². The predicted octanol–water partition coefficient (Wildman–Crippen LogP) is 2.01. The lowest BCUT2D eigenvalue weighted by Gasteiger charge is -2.40. The van der Waals surface area contributed by atoms with Crippen LogP contribution in [0.2, 0.25) is 0 Å². The molecule has 3 heteroatoms. The second kappa shape index (κ2) is 5.38. The largest absolute Gasteiger partial charge is 0.339 e. The van der Waals surface area contributed by atoms with E-state index in [0.29, 0.717) is 30.3 Å². The van der Waals surface area contributed by atoms with Crippen molar-refractivity contribution < 1.29 is 4.79 Å². The minimum absolute atomic E-state index is 0.216. The predicted molar refractivity (Wildman–Crippen MR) is 69.5 cm³/mol. The molecule has 2 aliphatic rings. The number of hydrogen-bond acceptors (Lipinski definition) is 2. The van der Waals surface area contributed by atoms with E-state index in [-0.39, 0.29) is 5.92 Å². The summed E-state index contributed by atoms with van der Waals surface area (Å²) in [5, 5.41) is 0. The first-order valence-electron chi connectivity index (χ1n) is 7.15. The van der Waals surface area contributed by atoms with Crippen LogP contribution < -0.4 is 5.73 Å². The summed E-state index contributed by atoms with van der Waals surface area (Å²) in [6.07, 6.45) is 5.80. The number of nitrogens with zero attached hydrogens (tertiary/aromatic N) is 1. The first-order chi connectivity index (χ1) is 8.15. The number of hydrogen-bond donors (Lipinski definition) is 1. The monoisotopic (exact) mass is 238 g/mol. The molecule has 2 rings (SSSR count). The molecule has 1 saturated heterocycles. The molecule has 2 unspecified atom stereocenters. The van der Waals surface area contributed by atoms with Gasteiger partial charge in [-0.1, -0.05) is 13.3 Å². The zero-order valence-corrected chi connectivity index (χ0v) is 11.2. The summed E-state index contributed by atoms with van der Waals surface area (Å²) in [4.78, 5) is 14.7. The summed E-state index contributed by atoms with van der Waals surface area (Å²) < 4.78 is 0. The van der Waals surface area contributed by atoms with E-state index in [1.54, 1.807) is 0 Å². The zero-order valence-electron chi connectivity index (χ0n) is 11.2. The number of nitrogens with two attached hydrogens (primary N) is 1. The fourth-order valence-corrected chi connectivity index (χ4v) is 3.50. The Hall–Kier alpha value is -0.570. The number of carbonyl (C=O) groups is 1. The molecule has 98 valence electrons. The van der Waals surface area contributed by atoms with Gasteiger partial charge in [0.25, 0.3) is 0 Å². The van der Waals surface area contributed by atoms with Gasteiger partial charge in [0, 0.05) is 18.5 Å². The second-order valence-corrected chi connectivity index (χ2v) is 5.92. The molecule has 4 atom stereocenters. The van der Waals surface area contributed by atoms with Gasteiger partial charge >= 0.3 is 0 Å². The van der Waals surface area contributed by atoms with E-state index in [0.717, 1.165) is 25.8 Å². The van der Waals surface area contributed by atoms with Gasteiger partial charge in [-0.3, -0.25) is 4.79 Å². The molecule has 3 nitrogen and oxygen atoms in total. The highest BCUT2D eigenvalue weighted by Gasteiger charge is 2.38. The third kappa shape index (κ3) is 2.49. The van der Waals surface area contributed by atoms with Gasteiger partial charge in [-0.15, -0.1) is 0 Å². The Morgan fingerprint density at radius 3 is 2.71 bits per heavy atom. The first-order valence-corrected chi connectivity index (χ1v) is 7.15. The van der Waals surface area contributed by atoms with Crippen molar-refractivity contribution in [3.63, 3.8) is 0 Å². The van der Waals surface area contributed by atoms with E-state index >= 15 is 0 Å². The van der Waals surface area contributed by atoms with E-state index in [4.69, 9.17) is 5.73 Å². The number of piperidine rings is 1. The van der Waals surface area contributed by atoms with Gasteiger partial charge in [0.1, 0.15) is 0 Å². The number of rotatable bonds is 2. The van der Waals surface area contributed by atoms with E-state index in [1.807, 2.05) is 0 Å². The van der Waals surface area contributed by atoms with Crippen molar-refractivity contribution in [1.29, 1.82) is 0 Å². The Balaban J connectivity index is 2.03. The Morgan fingerprint density at radius 2 is 2.00 bits per heavy atom. The van der Waals surface area contributed by atoms with Gasteiger partial charge in [-0.05, 0) is 51.0 Å². The van der Waals surface area contributed by atoms with Gasteiger partial charge in [-0.25, -0.2) is 0 Å². The summed E-state index contributed by atoms with van der Waals surface area (Å²) in [5.41, 5.74) is 5.78. The van der Waals surface area contributed by atoms with E-state index in [9.17, 15) is 4.79 Å². The fraction of sp³-hybridized carbons (Fsp3) is 0.929. The Bertz CT molecular complexity index is 279. The molecule has 1 saturated carbocycles. The smallest absolute Gasteiger partial charge is 0.226 e. The van der Waals surface area contributed by atoms with Crippen molar-refractivity contribution in [2.75, 3.05) is 13.1 Å². The zero-order chi connectivity index (χ0) is 12.4. The number of carbonyl (C=O) groups excluding carboxylic acids is 1. The van der Waals surface area contributed by atoms with Crippen LogP contribution in [0.25, 0.3) is 0 Å². The fourth-order valence-electron chi connectivity index (χ4n) is 3.50. The lowest BCUT2D eigenvalue weighted by molar-refractivity contribution is -0.141. The summed E-state index contributed by atoms with van der Waals surface area (Å²) >= 11 is 0. The maximum absolute atomic E-state index is 12.6. The molecular weight excluding hydrogens is 212 g/mol. The highest BCUT2D eigenvalue weighted by atomic mass is 16.2. The lowest BCUT2D eigenvalue weighted by Crippen LogP contribution is -2.49. The highest BCUT2D eigenvalue weighted by molar-refractivity contribution is 5.80. The van der Waals surface area contributed by atoms with Gasteiger partial charge in [0.05, 0.1) is 0 Å². The van der Waals surface area contributed by atoms with Crippen molar-refractivity contribution in [3.8, 4) is 0 Å². The second-order valence-electron chi connectivity index (χ2n) is 5.92. The first kappa shape index (κ1) is 12.9. The minimum atomic E-state index is 0.216. The summed E-state index contributed by atoms with van der Waals surface area (Å²) in [6, 6.07) is 0.412. The van der Waals surface area contributed by atoms with Gasteiger partial charge in [-0.2, -0.15) is 0 Å². The number of amides is 1. The molecule has 2 N–H and O–H groups in total. The maximum Gasteiger partial charge on any atom is 0.226 e. The normalized spacial score (nSPS) is 38.4. The molecule has 1 amide bonds. The van der Waals surface area contributed by atoms with Crippen LogP contribution in [0.1, 0.15) is 46.0 Å². The van der Waals surface area contributed by atoms with Crippen LogP contribution in [0.4, 0.5) is 0 Å². The van der Waals surface area contributed by atoms with Gasteiger partial charge < -0.3 is 10.6 Å². The quantitative estimate of drug-likeness (QED) is 0.800. The Labute approximate surface area is 105 Å². The topological polar surface area (TPSA) is 46.3 Å². The summed E-state index contributed by atoms with van der Waals surface area (Å²) in [5.74, 6) is 1.68. The summed E-state index contributed by atoms with van der Waals surface area (Å²) in [6.45, 7) is 6.10. The molecule has 0 aromatic carbocycles. The van der Waals surface area contributed by atoms with E-state index in [1.165, 1.54) is 12.8 Å². The van der Waals surface area contributed by atoms with Crippen molar-refractivity contribution in [1.82, 2.24) is 4.90 Å². The Kier molecular flexibility index (Phi) is 4.08. The van der Waals surface area contributed by atoms with Crippen LogP contribution in [0.5, 0.6) is 0 Å². The van der Waals surface area contributed by atoms with Crippen LogP contribution >= 0.6 is 0 Å². The molecule has 0 spiro atoms. The maximum atomic E-state index is 12.6. The van der Waals surface area contributed by atoms with Crippen molar-refractivity contribution in [2.24, 2.45) is 23.5 Å². The molecule has 1 heterocycles.